The van der Waals surface area contributed by atoms with Gasteiger partial charge in [-0.1, -0.05) is 35.8 Å². The molecule has 140 valence electrons. The first-order chi connectivity index (χ1) is 12.9. The van der Waals surface area contributed by atoms with Crippen molar-refractivity contribution in [2.75, 3.05) is 16.7 Å². The molecule has 3 aromatic rings. The molecule has 1 aliphatic rings. The number of hydrogen-bond acceptors (Lipinski definition) is 8. The summed E-state index contributed by atoms with van der Waals surface area (Å²) in [6, 6.07) is 7.89. The Bertz CT molecular complexity index is 1060. The molecule has 0 aliphatic heterocycles. The maximum Gasteiger partial charge on any atom is 0.335 e. The molecule has 2 heterocycles. The van der Waals surface area contributed by atoms with E-state index in [1.54, 1.807) is 12.4 Å². The fraction of sp³-hybridized carbons (Fsp3) is 0.294. The van der Waals surface area contributed by atoms with Crippen LogP contribution in [-0.4, -0.2) is 34.8 Å². The largest absolute Gasteiger partial charge is 0.368 e. The molecule has 0 saturated heterocycles. The fourth-order valence-electron chi connectivity index (χ4n) is 3.26. The summed E-state index contributed by atoms with van der Waals surface area (Å²) in [4.78, 5) is 12.3. The molecule has 10 heteroatoms. The number of nitrogens with zero attached hydrogens (tertiary/aromatic N) is 4. The highest BCUT2D eigenvalue weighted by atomic mass is 32.2. The zero-order chi connectivity index (χ0) is 19.1. The van der Waals surface area contributed by atoms with Gasteiger partial charge in [-0.05, 0) is 24.0 Å². The Hall–Kier alpha value is -3.01. The topological polar surface area (TPSA) is 137 Å². The lowest BCUT2D eigenvalue weighted by molar-refractivity contribution is 0.273. The van der Waals surface area contributed by atoms with Gasteiger partial charge in [-0.3, -0.25) is 0 Å². The van der Waals surface area contributed by atoms with Crippen molar-refractivity contribution in [2.45, 2.75) is 24.7 Å². The first-order valence-corrected chi connectivity index (χ1v) is 10.3. The Balaban J connectivity index is 1.63. The summed E-state index contributed by atoms with van der Waals surface area (Å²) < 4.78 is 30.0. The summed E-state index contributed by atoms with van der Waals surface area (Å²) in [7, 11) is -3.47. The molecule has 4 rings (SSSR count). The molecular weight excluding hydrogens is 368 g/mol. The van der Waals surface area contributed by atoms with E-state index in [1.807, 2.05) is 24.3 Å². The van der Waals surface area contributed by atoms with E-state index in [4.69, 9.17) is 10.3 Å². The van der Waals surface area contributed by atoms with Gasteiger partial charge in [0.25, 0.3) is 0 Å². The number of nitrogen functional groups attached to an aromatic ring is 1. The van der Waals surface area contributed by atoms with Gasteiger partial charge in [0.05, 0.1) is 11.7 Å². The number of rotatable bonds is 5. The van der Waals surface area contributed by atoms with Crippen molar-refractivity contribution in [3.8, 4) is 11.1 Å². The molecule has 0 spiro atoms. The highest BCUT2D eigenvalue weighted by Gasteiger charge is 2.44. The summed E-state index contributed by atoms with van der Waals surface area (Å²) in [5.41, 5.74) is 8.07. The molecule has 1 fully saturated rings. The molecule has 0 unspecified atom stereocenters. The standard InChI is InChI=1S/C17H18N6O3S/c1-27(24,25)23-16-21-14(22-26-16)17(7-2-8-17)13-5-3-11(4-6-13)12-9-19-15(18)20-10-12/h3-6,9-10H,2,7-8H2,1H3,(H2,18,19,20)(H,21,22,23). The van der Waals surface area contributed by atoms with Crippen LogP contribution in [-0.2, 0) is 15.4 Å². The number of hydrogen-bond donors (Lipinski definition) is 2. The van der Waals surface area contributed by atoms with E-state index in [1.165, 1.54) is 0 Å². The summed E-state index contributed by atoms with van der Waals surface area (Å²) in [6.07, 6.45) is 7.18. The smallest absolute Gasteiger partial charge is 0.335 e. The van der Waals surface area contributed by atoms with Gasteiger partial charge in [0.15, 0.2) is 5.82 Å². The van der Waals surface area contributed by atoms with Crippen LogP contribution in [0.3, 0.4) is 0 Å². The van der Waals surface area contributed by atoms with E-state index in [-0.39, 0.29) is 17.4 Å². The van der Waals surface area contributed by atoms with Crippen molar-refractivity contribution in [3.05, 3.63) is 48.0 Å². The lowest BCUT2D eigenvalue weighted by Crippen LogP contribution is -2.36. The average Bonchev–Trinajstić information content (AvgIpc) is 3.02. The summed E-state index contributed by atoms with van der Waals surface area (Å²) in [6.45, 7) is 0. The Kier molecular flexibility index (Phi) is 4.06. The minimum Gasteiger partial charge on any atom is -0.368 e. The minimum atomic E-state index is -3.47. The van der Waals surface area contributed by atoms with E-state index < -0.39 is 10.0 Å². The van der Waals surface area contributed by atoms with Crippen LogP contribution in [0.15, 0.2) is 41.2 Å². The van der Waals surface area contributed by atoms with Crippen LogP contribution >= 0.6 is 0 Å². The summed E-state index contributed by atoms with van der Waals surface area (Å²) in [5, 5.41) is 4.01. The van der Waals surface area contributed by atoms with Gasteiger partial charge in [-0.2, -0.15) is 4.98 Å². The summed E-state index contributed by atoms with van der Waals surface area (Å²) in [5.74, 6) is 0.725. The normalized spacial score (nSPS) is 15.9. The SMILES string of the molecule is CS(=O)(=O)Nc1nc(C2(c3ccc(-c4cnc(N)nc4)cc3)CCC2)no1. The van der Waals surface area contributed by atoms with Gasteiger partial charge in [0.2, 0.25) is 16.0 Å². The van der Waals surface area contributed by atoms with Crippen LogP contribution in [0.4, 0.5) is 12.0 Å². The molecule has 27 heavy (non-hydrogen) atoms. The Morgan fingerprint density at radius 1 is 1.11 bits per heavy atom. The van der Waals surface area contributed by atoms with E-state index in [0.29, 0.717) is 5.82 Å². The molecule has 0 radical (unpaired) electrons. The molecular formula is C17H18N6O3S. The highest BCUT2D eigenvalue weighted by molar-refractivity contribution is 7.91. The average molecular weight is 386 g/mol. The Labute approximate surface area is 156 Å². The maximum absolute atomic E-state index is 11.3. The Morgan fingerprint density at radius 3 is 2.33 bits per heavy atom. The second kappa shape index (κ2) is 6.31. The van der Waals surface area contributed by atoms with Crippen LogP contribution < -0.4 is 10.5 Å². The quantitative estimate of drug-likeness (QED) is 0.679. The number of anilines is 2. The first kappa shape index (κ1) is 17.4. The number of aromatic nitrogens is 4. The van der Waals surface area contributed by atoms with Crippen molar-refractivity contribution in [2.24, 2.45) is 0 Å². The van der Waals surface area contributed by atoms with Crippen molar-refractivity contribution in [3.63, 3.8) is 0 Å². The zero-order valence-electron chi connectivity index (χ0n) is 14.6. The van der Waals surface area contributed by atoms with Gasteiger partial charge in [0, 0.05) is 18.0 Å². The van der Waals surface area contributed by atoms with Crippen LogP contribution in [0.5, 0.6) is 0 Å². The second-order valence-electron chi connectivity index (χ2n) is 6.64. The lowest BCUT2D eigenvalue weighted by atomic mass is 9.64. The van der Waals surface area contributed by atoms with Crippen molar-refractivity contribution in [1.29, 1.82) is 0 Å². The molecule has 3 N–H and O–H groups in total. The predicted molar refractivity (Wildman–Crippen MR) is 99.3 cm³/mol. The van der Waals surface area contributed by atoms with E-state index in [0.717, 1.165) is 42.2 Å². The number of benzene rings is 1. The van der Waals surface area contributed by atoms with Gasteiger partial charge in [-0.25, -0.2) is 23.1 Å². The van der Waals surface area contributed by atoms with Crippen LogP contribution in [0, 0.1) is 0 Å². The zero-order valence-corrected chi connectivity index (χ0v) is 15.4. The third kappa shape index (κ3) is 3.35. The van der Waals surface area contributed by atoms with Crippen molar-refractivity contribution >= 4 is 22.0 Å². The lowest BCUT2D eigenvalue weighted by Gasteiger charge is -2.39. The van der Waals surface area contributed by atoms with E-state index in [2.05, 4.69) is 24.8 Å². The Morgan fingerprint density at radius 2 is 1.78 bits per heavy atom. The van der Waals surface area contributed by atoms with Gasteiger partial charge in [-0.15, -0.1) is 0 Å². The van der Waals surface area contributed by atoms with Crippen LogP contribution in [0.2, 0.25) is 0 Å². The third-order valence-corrected chi connectivity index (χ3v) is 5.32. The second-order valence-corrected chi connectivity index (χ2v) is 8.39. The fourth-order valence-corrected chi connectivity index (χ4v) is 3.66. The van der Waals surface area contributed by atoms with Crippen LogP contribution in [0.25, 0.3) is 11.1 Å². The van der Waals surface area contributed by atoms with Crippen molar-refractivity contribution < 1.29 is 12.9 Å². The monoisotopic (exact) mass is 386 g/mol. The molecule has 9 nitrogen and oxygen atoms in total. The van der Waals surface area contributed by atoms with Gasteiger partial charge >= 0.3 is 6.01 Å². The highest BCUT2D eigenvalue weighted by Crippen LogP contribution is 2.48. The van der Waals surface area contributed by atoms with Gasteiger partial charge < -0.3 is 10.3 Å². The van der Waals surface area contributed by atoms with E-state index >= 15 is 0 Å². The van der Waals surface area contributed by atoms with Crippen molar-refractivity contribution in [1.82, 2.24) is 20.1 Å². The molecule has 0 atom stereocenters. The maximum atomic E-state index is 11.3. The molecule has 0 amide bonds. The van der Waals surface area contributed by atoms with E-state index in [9.17, 15) is 8.42 Å². The molecule has 2 aromatic heterocycles. The summed E-state index contributed by atoms with van der Waals surface area (Å²) >= 11 is 0. The predicted octanol–water partition coefficient (Wildman–Crippen LogP) is 1.95. The molecule has 1 aromatic carbocycles. The molecule has 1 aliphatic carbocycles. The molecule has 1 saturated carbocycles. The molecule has 0 bridgehead atoms. The first-order valence-electron chi connectivity index (χ1n) is 8.36. The third-order valence-electron chi connectivity index (χ3n) is 4.78. The van der Waals surface area contributed by atoms with Gasteiger partial charge in [0.1, 0.15) is 0 Å². The minimum absolute atomic E-state index is 0.116. The van der Waals surface area contributed by atoms with Crippen LogP contribution in [0.1, 0.15) is 30.7 Å². The number of nitrogens with two attached hydrogens (primary N) is 1. The number of nitrogens with one attached hydrogen (secondary N) is 1. The number of sulfonamides is 1.